The number of carbonyl (C=O) groups is 1. The quantitative estimate of drug-likeness (QED) is 0.775. The number of likely N-dealkylation sites (tertiary alicyclic amines) is 1. The van der Waals surface area contributed by atoms with Crippen LogP contribution in [0.1, 0.15) is 19.3 Å². The fourth-order valence-electron chi connectivity index (χ4n) is 2.83. The summed E-state index contributed by atoms with van der Waals surface area (Å²) in [6.07, 6.45) is -2.63. The van der Waals surface area contributed by atoms with Crippen LogP contribution >= 0.6 is 11.8 Å². The number of piperidine rings is 1. The predicted molar refractivity (Wildman–Crippen MR) is 86.9 cm³/mol. The van der Waals surface area contributed by atoms with Crippen LogP contribution in [0.15, 0.2) is 29.2 Å². The van der Waals surface area contributed by atoms with Gasteiger partial charge in [0.05, 0.1) is 0 Å². The lowest BCUT2D eigenvalue weighted by atomic mass is 10.0. The first-order valence-electron chi connectivity index (χ1n) is 7.51. The van der Waals surface area contributed by atoms with E-state index in [0.717, 1.165) is 18.0 Å². The van der Waals surface area contributed by atoms with E-state index in [1.807, 2.05) is 19.4 Å². The van der Waals surface area contributed by atoms with Crippen molar-refractivity contribution in [1.29, 1.82) is 0 Å². The van der Waals surface area contributed by atoms with Crippen molar-refractivity contribution in [1.82, 2.24) is 4.90 Å². The highest BCUT2D eigenvalue weighted by Crippen LogP contribution is 2.30. The van der Waals surface area contributed by atoms with Crippen LogP contribution in [-0.4, -0.2) is 49.4 Å². The van der Waals surface area contributed by atoms with E-state index in [-0.39, 0.29) is 6.04 Å². The second kappa shape index (κ2) is 7.57. The number of alkyl halides is 3. The number of hydrogen-bond donors (Lipinski definition) is 0. The van der Waals surface area contributed by atoms with Gasteiger partial charge in [-0.2, -0.15) is 13.2 Å². The molecular weight excluding hydrogens is 325 g/mol. The molecule has 0 aliphatic carbocycles. The number of benzene rings is 1. The lowest BCUT2D eigenvalue weighted by Crippen LogP contribution is -2.47. The van der Waals surface area contributed by atoms with Gasteiger partial charge in [-0.25, -0.2) is 0 Å². The molecule has 1 heterocycles. The van der Waals surface area contributed by atoms with Gasteiger partial charge in [-0.15, -0.1) is 11.8 Å². The molecule has 7 heteroatoms. The van der Waals surface area contributed by atoms with Gasteiger partial charge in [-0.3, -0.25) is 4.79 Å². The monoisotopic (exact) mass is 346 g/mol. The molecule has 0 bridgehead atoms. The van der Waals surface area contributed by atoms with Crippen molar-refractivity contribution in [2.24, 2.45) is 0 Å². The minimum atomic E-state index is -4.49. The van der Waals surface area contributed by atoms with E-state index in [0.29, 0.717) is 18.5 Å². The molecule has 1 saturated heterocycles. The first-order chi connectivity index (χ1) is 10.8. The summed E-state index contributed by atoms with van der Waals surface area (Å²) in [6, 6.07) is 6.99. The first-order valence-corrected chi connectivity index (χ1v) is 8.74. The molecule has 2 rings (SSSR count). The summed E-state index contributed by atoms with van der Waals surface area (Å²) in [5, 5.41) is 0. The molecule has 0 unspecified atom stereocenters. The number of hydrogen-bond acceptors (Lipinski definition) is 3. The van der Waals surface area contributed by atoms with E-state index in [4.69, 9.17) is 0 Å². The maximum Gasteiger partial charge on any atom is 0.397 e. The summed E-state index contributed by atoms with van der Waals surface area (Å²) in [5.74, 6) is -0.870. The average Bonchev–Trinajstić information content (AvgIpc) is 2.48. The number of amides is 1. The number of thioether (sulfide) groups is 1. The van der Waals surface area contributed by atoms with Crippen LogP contribution in [-0.2, 0) is 4.79 Å². The van der Waals surface area contributed by atoms with E-state index in [2.05, 4.69) is 4.90 Å². The molecule has 1 fully saturated rings. The molecule has 0 spiro atoms. The van der Waals surface area contributed by atoms with Gasteiger partial charge in [0.25, 0.3) is 0 Å². The Bertz CT molecular complexity index is 542. The van der Waals surface area contributed by atoms with E-state index in [9.17, 15) is 18.0 Å². The largest absolute Gasteiger partial charge is 0.397 e. The van der Waals surface area contributed by atoms with Gasteiger partial charge in [0.2, 0.25) is 5.91 Å². The summed E-state index contributed by atoms with van der Waals surface area (Å²) in [5.41, 5.74) is 0.556. The molecule has 3 nitrogen and oxygen atoms in total. The standard InChI is InChI=1S/C16H21F3N2OS/c1-20-8-6-12(7-9-20)21(15(22)11-16(17,18)19)13-4-3-5-14(10-13)23-2/h3-5,10,12H,6-9,11H2,1-2H3. The summed E-state index contributed by atoms with van der Waals surface area (Å²) >= 11 is 1.50. The molecule has 1 aromatic carbocycles. The van der Waals surface area contributed by atoms with E-state index in [1.54, 1.807) is 18.2 Å². The zero-order valence-corrected chi connectivity index (χ0v) is 14.1. The van der Waals surface area contributed by atoms with Crippen molar-refractivity contribution in [2.75, 3.05) is 31.3 Å². The summed E-state index contributed by atoms with van der Waals surface area (Å²) in [7, 11) is 1.98. The maximum absolute atomic E-state index is 12.7. The molecule has 0 radical (unpaired) electrons. The zero-order chi connectivity index (χ0) is 17.0. The van der Waals surface area contributed by atoms with Gasteiger partial charge in [0.1, 0.15) is 6.42 Å². The van der Waals surface area contributed by atoms with Gasteiger partial charge < -0.3 is 9.80 Å². The molecule has 128 valence electrons. The van der Waals surface area contributed by atoms with Gasteiger partial charge >= 0.3 is 6.18 Å². The van der Waals surface area contributed by atoms with Crippen LogP contribution in [0.2, 0.25) is 0 Å². The van der Waals surface area contributed by atoms with Crippen LogP contribution in [0, 0.1) is 0 Å². The Kier molecular flexibility index (Phi) is 5.97. The Morgan fingerprint density at radius 2 is 2.00 bits per heavy atom. The first kappa shape index (κ1) is 18.1. The van der Waals surface area contributed by atoms with Crippen LogP contribution in [0.5, 0.6) is 0 Å². The molecular formula is C16H21F3N2OS. The second-order valence-electron chi connectivity index (χ2n) is 5.79. The van der Waals surface area contributed by atoms with Crippen LogP contribution < -0.4 is 4.90 Å². The van der Waals surface area contributed by atoms with Crippen LogP contribution in [0.3, 0.4) is 0 Å². The number of nitrogens with zero attached hydrogens (tertiary/aromatic N) is 2. The van der Waals surface area contributed by atoms with Crippen molar-refractivity contribution in [3.63, 3.8) is 0 Å². The summed E-state index contributed by atoms with van der Waals surface area (Å²) < 4.78 is 38.1. The van der Waals surface area contributed by atoms with Gasteiger partial charge in [-0.05, 0) is 57.4 Å². The third kappa shape index (κ3) is 5.14. The van der Waals surface area contributed by atoms with Crippen molar-refractivity contribution in [2.45, 2.75) is 36.4 Å². The minimum Gasteiger partial charge on any atom is -0.309 e. The Labute approximate surface area is 138 Å². The average molecular weight is 346 g/mol. The second-order valence-corrected chi connectivity index (χ2v) is 6.67. The molecule has 0 atom stereocenters. The Morgan fingerprint density at radius 3 is 2.57 bits per heavy atom. The molecule has 0 aromatic heterocycles. The maximum atomic E-state index is 12.7. The van der Waals surface area contributed by atoms with Gasteiger partial charge in [-0.1, -0.05) is 6.07 Å². The van der Waals surface area contributed by atoms with Crippen LogP contribution in [0.25, 0.3) is 0 Å². The van der Waals surface area contributed by atoms with E-state index < -0.39 is 18.5 Å². The Balaban J connectivity index is 2.28. The molecule has 0 N–H and O–H groups in total. The highest BCUT2D eigenvalue weighted by Gasteiger charge is 2.37. The molecule has 1 aromatic rings. The third-order valence-corrected chi connectivity index (χ3v) is 4.73. The fourth-order valence-corrected chi connectivity index (χ4v) is 3.28. The molecule has 0 saturated carbocycles. The highest BCUT2D eigenvalue weighted by atomic mass is 32.2. The fraction of sp³-hybridized carbons (Fsp3) is 0.562. The Hall–Kier alpha value is -1.21. The normalized spacial score (nSPS) is 17.3. The van der Waals surface area contributed by atoms with E-state index in [1.165, 1.54) is 16.7 Å². The minimum absolute atomic E-state index is 0.182. The number of rotatable bonds is 4. The lowest BCUT2D eigenvalue weighted by molar-refractivity contribution is -0.152. The van der Waals surface area contributed by atoms with Crippen molar-refractivity contribution in [3.8, 4) is 0 Å². The van der Waals surface area contributed by atoms with Crippen molar-refractivity contribution < 1.29 is 18.0 Å². The topological polar surface area (TPSA) is 23.6 Å². The number of anilines is 1. The lowest BCUT2D eigenvalue weighted by Gasteiger charge is -2.37. The highest BCUT2D eigenvalue weighted by molar-refractivity contribution is 7.98. The predicted octanol–water partition coefficient (Wildman–Crippen LogP) is 3.79. The number of halogens is 3. The number of carbonyl (C=O) groups excluding carboxylic acids is 1. The van der Waals surface area contributed by atoms with Gasteiger partial charge in [0.15, 0.2) is 0 Å². The SMILES string of the molecule is CSc1cccc(N(C(=O)CC(F)(F)F)C2CCN(C)CC2)c1. The molecule has 1 amide bonds. The van der Waals surface area contributed by atoms with Crippen molar-refractivity contribution >= 4 is 23.4 Å². The molecule has 1 aliphatic rings. The molecule has 1 aliphatic heterocycles. The Morgan fingerprint density at radius 1 is 1.35 bits per heavy atom. The third-order valence-electron chi connectivity index (χ3n) is 4.01. The van der Waals surface area contributed by atoms with E-state index >= 15 is 0 Å². The molecule has 23 heavy (non-hydrogen) atoms. The smallest absolute Gasteiger partial charge is 0.309 e. The van der Waals surface area contributed by atoms with Crippen LogP contribution in [0.4, 0.5) is 18.9 Å². The summed E-state index contributed by atoms with van der Waals surface area (Å²) in [4.78, 5) is 16.7. The summed E-state index contributed by atoms with van der Waals surface area (Å²) in [6.45, 7) is 1.56. The van der Waals surface area contributed by atoms with Gasteiger partial charge in [0, 0.05) is 16.6 Å². The van der Waals surface area contributed by atoms with Crippen molar-refractivity contribution in [3.05, 3.63) is 24.3 Å². The zero-order valence-electron chi connectivity index (χ0n) is 13.3.